The number of anilines is 1. The molecular formula is C20H15ClF3N5. The van der Waals surface area contributed by atoms with Gasteiger partial charge in [0.25, 0.3) is 6.43 Å². The molecule has 0 spiro atoms. The summed E-state index contributed by atoms with van der Waals surface area (Å²) < 4.78 is 40.5. The largest absolute Gasteiger partial charge is 0.363 e. The van der Waals surface area contributed by atoms with Crippen LogP contribution in [0.25, 0.3) is 11.0 Å². The van der Waals surface area contributed by atoms with E-state index in [1.54, 1.807) is 13.0 Å². The number of pyridine rings is 1. The molecule has 4 rings (SSSR count). The Morgan fingerprint density at radius 2 is 1.97 bits per heavy atom. The van der Waals surface area contributed by atoms with Crippen LogP contribution in [0.5, 0.6) is 0 Å². The highest BCUT2D eigenvalue weighted by Crippen LogP contribution is 2.50. The number of nitrogens with one attached hydrogen (secondary N) is 1. The molecule has 1 aliphatic carbocycles. The molecule has 1 atom stereocenters. The van der Waals surface area contributed by atoms with Crippen LogP contribution in [0, 0.1) is 17.1 Å². The first kappa shape index (κ1) is 19.4. The average molecular weight is 418 g/mol. The third kappa shape index (κ3) is 3.36. The number of benzene rings is 1. The maximum atomic E-state index is 14.5. The smallest absolute Gasteiger partial charge is 0.266 e. The van der Waals surface area contributed by atoms with E-state index >= 15 is 0 Å². The second-order valence-corrected chi connectivity index (χ2v) is 7.39. The molecule has 1 fully saturated rings. The van der Waals surface area contributed by atoms with Crippen molar-refractivity contribution in [1.29, 1.82) is 5.26 Å². The Morgan fingerprint density at radius 1 is 1.24 bits per heavy atom. The van der Waals surface area contributed by atoms with E-state index in [2.05, 4.69) is 26.3 Å². The van der Waals surface area contributed by atoms with Gasteiger partial charge < -0.3 is 5.32 Å². The standard InChI is InChI=1S/C20H15ClF3N5/c1-10(11-3-2-4-12(15(11)22)17(23)24)28-18-13-7-14(20(8-25)5-6-20)16(21)29-19(13)27-9-26-18/h2-4,7,9-10,17H,5-6H2,1H3,(H,26,27,28,29)/t10-/m1/s1. The minimum Gasteiger partial charge on any atom is -0.363 e. The normalized spacial score (nSPS) is 15.9. The third-order valence-corrected chi connectivity index (χ3v) is 5.46. The summed E-state index contributed by atoms with van der Waals surface area (Å²) in [4.78, 5) is 12.6. The van der Waals surface area contributed by atoms with Crippen LogP contribution in [0.3, 0.4) is 0 Å². The quantitative estimate of drug-likeness (QED) is 0.556. The zero-order chi connectivity index (χ0) is 20.8. The molecule has 0 bridgehead atoms. The Kier molecular flexibility index (Phi) is 4.79. The number of fused-ring (bicyclic) bond motifs is 1. The van der Waals surface area contributed by atoms with Crippen LogP contribution in [-0.2, 0) is 5.41 Å². The van der Waals surface area contributed by atoms with Crippen molar-refractivity contribution in [2.75, 3.05) is 5.32 Å². The predicted octanol–water partition coefficient (Wildman–Crippen LogP) is 5.48. The lowest BCUT2D eigenvalue weighted by Crippen LogP contribution is -2.12. The summed E-state index contributed by atoms with van der Waals surface area (Å²) in [5.41, 5.74) is -0.296. The molecule has 0 amide bonds. The maximum absolute atomic E-state index is 14.5. The zero-order valence-corrected chi connectivity index (χ0v) is 16.0. The highest BCUT2D eigenvalue weighted by atomic mass is 35.5. The van der Waals surface area contributed by atoms with Gasteiger partial charge in [0.05, 0.1) is 28.5 Å². The van der Waals surface area contributed by atoms with Crippen LogP contribution in [0.1, 0.15) is 48.9 Å². The molecule has 1 N–H and O–H groups in total. The number of hydrogen-bond donors (Lipinski definition) is 1. The maximum Gasteiger partial charge on any atom is 0.266 e. The molecule has 1 aromatic carbocycles. The molecule has 3 aromatic rings. The fraction of sp³-hybridized carbons (Fsp3) is 0.300. The van der Waals surface area contributed by atoms with Gasteiger partial charge in [-0.3, -0.25) is 0 Å². The molecule has 148 valence electrons. The van der Waals surface area contributed by atoms with E-state index in [1.807, 2.05) is 0 Å². The Balaban J connectivity index is 1.74. The van der Waals surface area contributed by atoms with E-state index in [1.165, 1.54) is 18.5 Å². The van der Waals surface area contributed by atoms with Crippen molar-refractivity contribution >= 4 is 28.5 Å². The zero-order valence-electron chi connectivity index (χ0n) is 15.3. The van der Waals surface area contributed by atoms with E-state index in [-0.39, 0.29) is 10.7 Å². The summed E-state index contributed by atoms with van der Waals surface area (Å²) in [6.07, 6.45) is -0.246. The summed E-state index contributed by atoms with van der Waals surface area (Å²) >= 11 is 6.26. The molecule has 2 heterocycles. The predicted molar refractivity (Wildman–Crippen MR) is 102 cm³/mol. The molecule has 29 heavy (non-hydrogen) atoms. The molecule has 5 nitrogen and oxygen atoms in total. The van der Waals surface area contributed by atoms with E-state index in [9.17, 15) is 18.4 Å². The van der Waals surface area contributed by atoms with E-state index in [4.69, 9.17) is 11.6 Å². The first-order valence-corrected chi connectivity index (χ1v) is 9.30. The van der Waals surface area contributed by atoms with Gasteiger partial charge in [-0.25, -0.2) is 28.1 Å². The van der Waals surface area contributed by atoms with Gasteiger partial charge >= 0.3 is 0 Å². The van der Waals surface area contributed by atoms with Crippen LogP contribution >= 0.6 is 11.6 Å². The molecule has 1 saturated carbocycles. The Labute approximate surface area is 169 Å². The molecular weight excluding hydrogens is 403 g/mol. The third-order valence-electron chi connectivity index (χ3n) is 5.17. The molecule has 0 unspecified atom stereocenters. The van der Waals surface area contributed by atoms with Crippen molar-refractivity contribution in [3.63, 3.8) is 0 Å². The minimum absolute atomic E-state index is 0.0902. The molecule has 0 aliphatic heterocycles. The van der Waals surface area contributed by atoms with Crippen LogP contribution < -0.4 is 5.32 Å². The van der Waals surface area contributed by atoms with E-state index < -0.39 is 29.3 Å². The summed E-state index contributed by atoms with van der Waals surface area (Å²) in [5, 5.41) is 13.3. The number of halogens is 4. The first-order chi connectivity index (χ1) is 13.9. The van der Waals surface area contributed by atoms with Gasteiger partial charge in [0.2, 0.25) is 0 Å². The fourth-order valence-corrected chi connectivity index (χ4v) is 3.65. The van der Waals surface area contributed by atoms with Gasteiger partial charge in [0, 0.05) is 11.1 Å². The van der Waals surface area contributed by atoms with Gasteiger partial charge in [0.1, 0.15) is 23.1 Å². The van der Waals surface area contributed by atoms with E-state index in [0.29, 0.717) is 35.3 Å². The highest BCUT2D eigenvalue weighted by molar-refractivity contribution is 6.30. The summed E-state index contributed by atoms with van der Waals surface area (Å²) in [7, 11) is 0. The topological polar surface area (TPSA) is 74.5 Å². The van der Waals surface area contributed by atoms with Crippen molar-refractivity contribution in [1.82, 2.24) is 15.0 Å². The molecule has 0 radical (unpaired) electrons. The Bertz CT molecular complexity index is 1140. The van der Waals surface area contributed by atoms with Gasteiger partial charge in [0.15, 0.2) is 5.65 Å². The van der Waals surface area contributed by atoms with Gasteiger partial charge in [-0.2, -0.15) is 5.26 Å². The Morgan fingerprint density at radius 3 is 2.62 bits per heavy atom. The second kappa shape index (κ2) is 7.16. The van der Waals surface area contributed by atoms with Crippen LogP contribution in [0.4, 0.5) is 19.0 Å². The van der Waals surface area contributed by atoms with Crippen molar-refractivity contribution in [2.45, 2.75) is 37.6 Å². The highest BCUT2D eigenvalue weighted by Gasteiger charge is 2.47. The monoisotopic (exact) mass is 417 g/mol. The Hall–Kier alpha value is -2.92. The van der Waals surface area contributed by atoms with E-state index in [0.717, 1.165) is 6.07 Å². The lowest BCUT2D eigenvalue weighted by atomic mass is 9.98. The number of nitrogens with zero attached hydrogens (tertiary/aromatic N) is 4. The lowest BCUT2D eigenvalue weighted by molar-refractivity contribution is 0.146. The van der Waals surface area contributed by atoms with Crippen molar-refractivity contribution in [3.05, 3.63) is 58.3 Å². The summed E-state index contributed by atoms with van der Waals surface area (Å²) in [6.45, 7) is 1.64. The van der Waals surface area contributed by atoms with Crippen molar-refractivity contribution in [3.8, 4) is 6.07 Å². The van der Waals surface area contributed by atoms with Crippen LogP contribution in [0.2, 0.25) is 5.15 Å². The number of nitriles is 1. The number of aromatic nitrogens is 3. The van der Waals surface area contributed by atoms with Crippen molar-refractivity contribution in [2.24, 2.45) is 0 Å². The van der Waals surface area contributed by atoms with Crippen LogP contribution in [0.15, 0.2) is 30.6 Å². The number of rotatable bonds is 5. The summed E-state index contributed by atoms with van der Waals surface area (Å²) in [6, 6.07) is 7.24. The molecule has 1 aliphatic rings. The molecule has 2 aromatic heterocycles. The number of hydrogen-bond acceptors (Lipinski definition) is 5. The van der Waals surface area contributed by atoms with Gasteiger partial charge in [-0.15, -0.1) is 0 Å². The first-order valence-electron chi connectivity index (χ1n) is 8.92. The minimum atomic E-state index is -2.91. The molecule has 0 saturated heterocycles. The van der Waals surface area contributed by atoms with Crippen molar-refractivity contribution < 1.29 is 13.2 Å². The average Bonchev–Trinajstić information content (AvgIpc) is 3.48. The molecule has 9 heteroatoms. The van der Waals surface area contributed by atoms with Gasteiger partial charge in [-0.1, -0.05) is 29.8 Å². The fourth-order valence-electron chi connectivity index (χ4n) is 3.34. The lowest BCUT2D eigenvalue weighted by Gasteiger charge is -2.18. The SMILES string of the molecule is C[C@@H](Nc1ncnc2nc(Cl)c(C3(C#N)CC3)cc12)c1cccc(C(F)F)c1F. The van der Waals surface area contributed by atoms with Gasteiger partial charge in [-0.05, 0) is 25.8 Å². The van der Waals surface area contributed by atoms with Crippen LogP contribution in [-0.4, -0.2) is 15.0 Å². The summed E-state index contributed by atoms with van der Waals surface area (Å²) in [5.74, 6) is -0.604. The number of alkyl halides is 2. The second-order valence-electron chi connectivity index (χ2n) is 7.03.